The van der Waals surface area contributed by atoms with Crippen molar-refractivity contribution in [2.75, 3.05) is 12.4 Å². The minimum atomic E-state index is -5.36. The zero-order chi connectivity index (χ0) is 67.1. The molecule has 16 nitrogen and oxygen atoms in total. The van der Waals surface area contributed by atoms with Gasteiger partial charge in [-0.1, -0.05) is 109 Å². The van der Waals surface area contributed by atoms with E-state index in [9.17, 15) is 60.3 Å². The van der Waals surface area contributed by atoms with Crippen LogP contribution >= 0.6 is 0 Å². The van der Waals surface area contributed by atoms with Gasteiger partial charge < -0.3 is 43.6 Å². The number of carbonyl (C=O) groups excluding carboxylic acids is 5. The summed E-state index contributed by atoms with van der Waals surface area (Å²) in [6, 6.07) is 42.8. The van der Waals surface area contributed by atoms with Gasteiger partial charge in [-0.2, -0.15) is 13.2 Å². The normalized spacial score (nSPS) is 21.0. The lowest BCUT2D eigenvalue weighted by Crippen LogP contribution is -2.47. The van der Waals surface area contributed by atoms with E-state index in [2.05, 4.69) is 93.1 Å². The van der Waals surface area contributed by atoms with Crippen molar-refractivity contribution in [3.05, 3.63) is 145 Å². The molecule has 4 aliphatic rings. The number of benzene rings is 5. The maximum absolute atomic E-state index is 13.1. The van der Waals surface area contributed by atoms with Crippen LogP contribution in [0.5, 0.6) is 17.2 Å². The summed E-state index contributed by atoms with van der Waals surface area (Å²) in [6.07, 6.45) is -5.81. The van der Waals surface area contributed by atoms with Crippen LogP contribution < -0.4 is 4.74 Å². The van der Waals surface area contributed by atoms with Crippen molar-refractivity contribution < 1.29 is 89.1 Å². The van der Waals surface area contributed by atoms with Gasteiger partial charge in [-0.15, -0.1) is 0 Å². The van der Waals surface area contributed by atoms with Crippen molar-refractivity contribution in [1.82, 2.24) is 0 Å². The maximum atomic E-state index is 13.1. The van der Waals surface area contributed by atoms with E-state index in [1.54, 1.807) is 45.0 Å². The highest BCUT2D eigenvalue weighted by Crippen LogP contribution is 2.59. The fraction of sp³-hybridized carbons (Fsp3) is 0.493. The minimum absolute atomic E-state index is 0.00866. The van der Waals surface area contributed by atoms with Gasteiger partial charge in [-0.05, 0) is 169 Å². The third kappa shape index (κ3) is 20.3. The van der Waals surface area contributed by atoms with E-state index in [-0.39, 0.29) is 40.9 Å². The fourth-order valence-corrected chi connectivity index (χ4v) is 13.0. The van der Waals surface area contributed by atoms with Gasteiger partial charge in [0.05, 0.1) is 67.6 Å². The molecule has 2 aliphatic carbocycles. The summed E-state index contributed by atoms with van der Waals surface area (Å²) in [5.41, 5.74) is 0.250. The van der Waals surface area contributed by atoms with Crippen LogP contribution in [-0.4, -0.2) is 95.0 Å². The standard InChI is InChI=1S/C18H23F3O9S.C18H14OS.C13H20O.C12H16O3.C8H14O2/c1-4-17(2,3)16(24)30-13-8-5-7-11(15(23)29-12(7)13)10(8)14(22)28-9(18(19,20)21)6-31(25,26)27;19-15-11-13-18(14-12-15)20(16-7-3-1-4-8-16)17-9-5-2-6-10-17;1-5-10(2)11-6-8-12(9-7-11)13(3,4)14;1-4-12(2,3)11(14)15-10-7-5-9(13)6-8-10;1-3-6(2)7-4-5-10-8(7)9/h7-13H,4-6H2,1-3H3,(H,25,26,27);1-14H;6-10,14H,5H2,1-4H3;5-8,13H,4H2,1-3H3;6-7H,3-5H2,1-2H3. The highest BCUT2D eigenvalue weighted by molar-refractivity contribution is 7.97. The molecule has 21 heteroatoms. The van der Waals surface area contributed by atoms with Crippen LogP contribution in [0.15, 0.2) is 148 Å². The van der Waals surface area contributed by atoms with Gasteiger partial charge in [0.15, 0.2) is 14.7 Å². The zero-order valence-corrected chi connectivity index (χ0v) is 54.9. The number of halogens is 3. The number of phenols is 2. The second-order valence-corrected chi connectivity index (χ2v) is 28.3. The van der Waals surface area contributed by atoms with Crippen molar-refractivity contribution in [3.63, 3.8) is 0 Å². The van der Waals surface area contributed by atoms with Crippen molar-refractivity contribution in [2.24, 2.45) is 46.3 Å². The molecule has 4 fully saturated rings. The predicted molar refractivity (Wildman–Crippen MR) is 333 cm³/mol. The molecule has 90 heavy (non-hydrogen) atoms. The first-order valence-corrected chi connectivity index (χ1v) is 33.1. The van der Waals surface area contributed by atoms with Crippen LogP contribution in [0.2, 0.25) is 0 Å². The molecule has 10 atom stereocenters. The average molecular weight is 1290 g/mol. The number of carbonyl (C=O) groups is 5. The smallest absolute Gasteiger partial charge is 0.426 e. The summed E-state index contributed by atoms with van der Waals surface area (Å²) in [5.74, 6) is -6.76. The number of rotatable bonds is 18. The molecule has 2 aliphatic heterocycles. The Kier molecular flexibility index (Phi) is 26.1. The molecule has 5 aromatic rings. The molecule has 10 unspecified atom stereocenters. The summed E-state index contributed by atoms with van der Waals surface area (Å²) >= 11 is 0. The van der Waals surface area contributed by atoms with Crippen LogP contribution in [0.3, 0.4) is 0 Å². The maximum Gasteiger partial charge on any atom is 0.426 e. The molecule has 0 aromatic heterocycles. The number of aliphatic hydroxyl groups is 1. The molecular formula is C69H87F3O16S2. The van der Waals surface area contributed by atoms with Gasteiger partial charge in [0.25, 0.3) is 0 Å². The molecule has 2 saturated carbocycles. The zero-order valence-electron chi connectivity index (χ0n) is 53.2. The number of hydrogen-bond donors (Lipinski definition) is 3. The molecular weight excluding hydrogens is 1210 g/mol. The number of ether oxygens (including phenoxy) is 5. The average Bonchev–Trinajstić information content (AvgIpc) is 1.55. The number of hydrogen-bond acceptors (Lipinski definition) is 16. The summed E-state index contributed by atoms with van der Waals surface area (Å²) in [4.78, 5) is 63.8. The molecule has 2 heterocycles. The molecule has 5 aromatic carbocycles. The van der Waals surface area contributed by atoms with Crippen LogP contribution in [0, 0.1) is 46.3 Å². The van der Waals surface area contributed by atoms with Gasteiger partial charge in [-0.3, -0.25) is 24.0 Å². The van der Waals surface area contributed by atoms with Gasteiger partial charge in [0, 0.05) is 11.8 Å². The molecule has 3 N–H and O–H groups in total. The third-order valence-corrected chi connectivity index (χ3v) is 20.0. The van der Waals surface area contributed by atoms with E-state index in [0.29, 0.717) is 36.4 Å². The number of fused-ring (bicyclic) bond motifs is 1. The summed E-state index contributed by atoms with van der Waals surface area (Å²) in [5, 5.41) is 28.3. The van der Waals surface area contributed by atoms with Crippen LogP contribution in [0.25, 0.3) is 0 Å². The van der Waals surface area contributed by atoms with Crippen LogP contribution in [0.4, 0.5) is 13.2 Å². The molecule has 0 radical (unpaired) electrons. The number of aromatic hydroxyl groups is 2. The second-order valence-electron chi connectivity index (χ2n) is 24.8. The van der Waals surface area contributed by atoms with Crippen molar-refractivity contribution >= 4 is 50.9 Å². The molecule has 0 spiro atoms. The Balaban J connectivity index is 0.000000217. The molecule has 0 amide bonds. The Labute approximate surface area is 530 Å². The molecule has 9 rings (SSSR count). The summed E-state index contributed by atoms with van der Waals surface area (Å²) in [6.45, 7) is 23.5. The third-order valence-electron chi connectivity index (χ3n) is 17.1. The number of cyclic esters (lactones) is 1. The highest BCUT2D eigenvalue weighted by atomic mass is 32.2. The van der Waals surface area contributed by atoms with Crippen molar-refractivity contribution in [3.8, 4) is 17.2 Å². The fourth-order valence-electron chi connectivity index (χ4n) is 10.3. The predicted octanol–water partition coefficient (Wildman–Crippen LogP) is 13.4. The monoisotopic (exact) mass is 1290 g/mol. The van der Waals surface area contributed by atoms with Crippen LogP contribution in [-0.2, 0) is 69.5 Å². The van der Waals surface area contributed by atoms with Gasteiger partial charge in [0.1, 0.15) is 29.5 Å². The Hall–Kier alpha value is -6.94. The first-order chi connectivity index (χ1) is 42.1. The van der Waals surface area contributed by atoms with E-state index < -0.39 is 98.4 Å². The SMILES string of the molecule is CCC(C)(C)C(=O)OC1C2CC3C1OC(=O)C3C2C(=O)OC(CS(=O)(=O)[O-])C(F)(F)F.CCC(C)(C)C(=O)Oc1ccc(O)cc1.CCC(C)C1CCOC1=O.CCC(C)c1ccc(C(C)(C)O)cc1.Oc1ccc([S+](c2ccccc2)c2ccccc2)cc1. The van der Waals surface area contributed by atoms with Crippen molar-refractivity contribution in [1.29, 1.82) is 0 Å². The number of phenolic OH excluding ortho intramolecular Hbond substituents is 2. The Morgan fingerprint density at radius 2 is 1.19 bits per heavy atom. The number of alkyl halides is 3. The first-order valence-electron chi connectivity index (χ1n) is 30.3. The lowest BCUT2D eigenvalue weighted by molar-refractivity contribution is -0.220. The van der Waals surface area contributed by atoms with Gasteiger partial charge in [0.2, 0.25) is 6.10 Å². The molecule has 492 valence electrons. The summed E-state index contributed by atoms with van der Waals surface area (Å²) in [7, 11) is -5.50. The van der Waals surface area contributed by atoms with E-state index in [0.717, 1.165) is 31.2 Å². The second kappa shape index (κ2) is 31.9. The quantitative estimate of drug-likeness (QED) is 0.0242. The minimum Gasteiger partial charge on any atom is -0.748 e. The Morgan fingerprint density at radius 1 is 0.689 bits per heavy atom. The number of esters is 5. The lowest BCUT2D eigenvalue weighted by Gasteiger charge is -2.33. The highest BCUT2D eigenvalue weighted by Gasteiger charge is 2.70. The van der Waals surface area contributed by atoms with Gasteiger partial charge in [-0.25, -0.2) is 8.42 Å². The Morgan fingerprint density at radius 3 is 1.63 bits per heavy atom. The topological polar surface area (TPSA) is 249 Å². The summed E-state index contributed by atoms with van der Waals surface area (Å²) < 4.78 is 97.0. The molecule has 2 bridgehead atoms. The van der Waals surface area contributed by atoms with E-state index >= 15 is 0 Å². The Bertz CT molecular complexity index is 3200. The largest absolute Gasteiger partial charge is 0.748 e. The van der Waals surface area contributed by atoms with E-state index in [1.165, 1.54) is 32.4 Å². The van der Waals surface area contributed by atoms with Crippen molar-refractivity contribution in [2.45, 2.75) is 172 Å². The lowest BCUT2D eigenvalue weighted by atomic mass is 9.78. The van der Waals surface area contributed by atoms with E-state index in [4.69, 9.17) is 24.1 Å². The first kappa shape index (κ1) is 73.8. The molecule has 2 saturated heterocycles. The van der Waals surface area contributed by atoms with Gasteiger partial charge >= 0.3 is 36.0 Å². The van der Waals surface area contributed by atoms with Crippen LogP contribution in [0.1, 0.15) is 139 Å². The van der Waals surface area contributed by atoms with E-state index in [1.807, 2.05) is 71.0 Å².